The summed E-state index contributed by atoms with van der Waals surface area (Å²) in [5.74, 6) is 1.45. The van der Waals surface area contributed by atoms with Crippen LogP contribution in [0.5, 0.6) is 34.5 Å². The van der Waals surface area contributed by atoms with Crippen LogP contribution in [-0.2, 0) is 44.9 Å². The van der Waals surface area contributed by atoms with Gasteiger partial charge in [0.15, 0.2) is 0 Å². The van der Waals surface area contributed by atoms with Gasteiger partial charge in [0, 0.05) is 36.0 Å². The normalized spacial score (nSPS) is 10.2. The molecule has 6 aromatic rings. The lowest BCUT2D eigenvalue weighted by atomic mass is 9.85. The summed E-state index contributed by atoms with van der Waals surface area (Å²) in [6.07, 6.45) is 22.2. The van der Waals surface area contributed by atoms with E-state index in [2.05, 4.69) is 117 Å². The van der Waals surface area contributed by atoms with Gasteiger partial charge in [-0.2, -0.15) is 0 Å². The van der Waals surface area contributed by atoms with Crippen LogP contribution in [0, 0.1) is 69.2 Å². The fourth-order valence-corrected chi connectivity index (χ4v) is 9.53. The van der Waals surface area contributed by atoms with Gasteiger partial charge in [-0.25, -0.2) is 0 Å². The van der Waals surface area contributed by atoms with Crippen LogP contribution >= 0.6 is 0 Å². The Kier molecular flexibility index (Phi) is 45.1. The number of rotatable bonds is 19. The second-order valence-corrected chi connectivity index (χ2v) is 24.7. The summed E-state index contributed by atoms with van der Waals surface area (Å²) in [5, 5.41) is 68.2. The number of aromatic hydroxyl groups is 6. The van der Waals surface area contributed by atoms with Crippen molar-refractivity contribution in [2.45, 2.75) is 315 Å². The molecular formula is C83H134O6. The van der Waals surface area contributed by atoms with Gasteiger partial charge in [-0.3, -0.25) is 0 Å². The number of unbranched alkanes of at least 4 members (excludes halogenated alkanes) is 7. The van der Waals surface area contributed by atoms with Crippen molar-refractivity contribution < 1.29 is 30.6 Å². The van der Waals surface area contributed by atoms with Gasteiger partial charge in [-0.1, -0.05) is 260 Å². The molecule has 0 aliphatic rings. The Balaban J connectivity index is 0. The Bertz CT molecular complexity index is 2900. The van der Waals surface area contributed by atoms with E-state index in [1.54, 1.807) is 0 Å². The minimum Gasteiger partial charge on any atom is -0.507 e. The fourth-order valence-electron chi connectivity index (χ4n) is 9.53. The Hall–Kier alpha value is -5.88. The molecular weight excluding hydrogens is 1090 g/mol. The molecule has 6 nitrogen and oxygen atoms in total. The number of hydrogen-bond donors (Lipinski definition) is 6. The molecule has 0 aliphatic carbocycles. The van der Waals surface area contributed by atoms with Crippen LogP contribution in [0.2, 0.25) is 0 Å². The molecule has 0 heterocycles. The quantitative estimate of drug-likeness (QED) is 0.0481. The predicted molar refractivity (Wildman–Crippen MR) is 393 cm³/mol. The molecule has 0 unspecified atom stereocenters. The van der Waals surface area contributed by atoms with Crippen molar-refractivity contribution in [1.82, 2.24) is 0 Å². The summed E-state index contributed by atoms with van der Waals surface area (Å²) < 4.78 is 0. The van der Waals surface area contributed by atoms with Gasteiger partial charge in [0.25, 0.3) is 0 Å². The fraction of sp³-hybridized carbons (Fsp3) is 0.566. The standard InChI is InChI=1S/C55H64O6.7C4H10/c1-13-38-15-28(3)16-43(54(38)60)25-47-36(11)41(21-32(7)51(47)57)24-42-22-33(8)53(59)49(37(42)12)27-45-18-29(4)17-44(55(45)61)26-48-35(10)40(20-31(6)52(48)58)23-39-19-30(5)50(56)46(14-2)34(39)9;7*1-3-4-2/h15-22,56-61H,13-14,23-27H2,1-12H3;7*3-4H2,1-2H3. The topological polar surface area (TPSA) is 121 Å². The molecule has 0 saturated carbocycles. The largest absolute Gasteiger partial charge is 0.507 e. The van der Waals surface area contributed by atoms with E-state index in [0.29, 0.717) is 55.4 Å². The number of benzene rings is 6. The minimum atomic E-state index is 0.146. The zero-order chi connectivity index (χ0) is 68.7. The molecule has 6 N–H and O–H groups in total. The third-order valence-corrected chi connectivity index (χ3v) is 16.9. The summed E-state index contributed by atoms with van der Waals surface area (Å²) >= 11 is 0. The molecule has 0 spiro atoms. The maximum atomic E-state index is 12.0. The predicted octanol–water partition coefficient (Wildman–Crippen LogP) is 24.7. The van der Waals surface area contributed by atoms with Crippen LogP contribution in [0.4, 0.5) is 0 Å². The lowest BCUT2D eigenvalue weighted by Gasteiger charge is -2.21. The zero-order valence-corrected chi connectivity index (χ0v) is 62.2. The van der Waals surface area contributed by atoms with Gasteiger partial charge in [-0.05, 0) is 189 Å². The van der Waals surface area contributed by atoms with Crippen molar-refractivity contribution in [3.05, 3.63) is 171 Å². The molecule has 0 saturated heterocycles. The highest BCUT2D eigenvalue weighted by molar-refractivity contribution is 5.60. The summed E-state index contributed by atoms with van der Waals surface area (Å²) in [6.45, 7) is 54.4. The third-order valence-electron chi connectivity index (χ3n) is 16.9. The molecule has 0 aromatic heterocycles. The van der Waals surface area contributed by atoms with Gasteiger partial charge in [0.1, 0.15) is 34.5 Å². The van der Waals surface area contributed by atoms with Crippen LogP contribution in [0.3, 0.4) is 0 Å². The number of aryl methyl sites for hydroxylation is 7. The van der Waals surface area contributed by atoms with Crippen molar-refractivity contribution in [1.29, 1.82) is 0 Å². The Labute approximate surface area is 548 Å². The average molecular weight is 1230 g/mol. The molecule has 0 aliphatic heterocycles. The molecule has 6 heteroatoms. The van der Waals surface area contributed by atoms with Crippen LogP contribution < -0.4 is 0 Å². The van der Waals surface area contributed by atoms with Gasteiger partial charge in [0.05, 0.1) is 0 Å². The molecule has 0 amide bonds. The van der Waals surface area contributed by atoms with Crippen LogP contribution in [0.25, 0.3) is 0 Å². The highest BCUT2D eigenvalue weighted by atomic mass is 16.3. The summed E-state index contributed by atoms with van der Waals surface area (Å²) in [5.41, 5.74) is 19.8. The molecule has 0 radical (unpaired) electrons. The maximum Gasteiger partial charge on any atom is 0.122 e. The number of phenols is 6. The van der Waals surface area contributed by atoms with E-state index < -0.39 is 0 Å². The summed E-state index contributed by atoms with van der Waals surface area (Å²) in [7, 11) is 0. The number of hydrogen-bond acceptors (Lipinski definition) is 6. The summed E-state index contributed by atoms with van der Waals surface area (Å²) in [6, 6.07) is 16.1. The second-order valence-electron chi connectivity index (χ2n) is 24.7. The first kappa shape index (κ1) is 85.2. The highest BCUT2D eigenvalue weighted by Gasteiger charge is 2.23. The van der Waals surface area contributed by atoms with Gasteiger partial charge in [0.2, 0.25) is 0 Å². The van der Waals surface area contributed by atoms with Gasteiger partial charge in [-0.15, -0.1) is 0 Å². The van der Waals surface area contributed by atoms with Crippen molar-refractivity contribution >= 4 is 0 Å². The van der Waals surface area contributed by atoms with E-state index >= 15 is 0 Å². The van der Waals surface area contributed by atoms with E-state index in [-0.39, 0.29) is 28.7 Å². The Morgan fingerprint density at radius 1 is 0.202 bits per heavy atom. The highest BCUT2D eigenvalue weighted by Crippen LogP contribution is 2.41. The molecule has 0 atom stereocenters. The van der Waals surface area contributed by atoms with Crippen LogP contribution in [0.15, 0.2) is 48.5 Å². The van der Waals surface area contributed by atoms with Crippen molar-refractivity contribution in [2.75, 3.05) is 0 Å². The van der Waals surface area contributed by atoms with Crippen molar-refractivity contribution in [3.8, 4) is 34.5 Å². The number of phenolic OH excluding ortho intramolecular Hbond substituents is 6. The molecule has 89 heavy (non-hydrogen) atoms. The SMILES string of the molecule is CCCC.CCCC.CCCC.CCCC.CCCC.CCCC.CCCC.CCc1cc(C)cc(Cc2c(C)c(Cc3cc(C)c(O)c(Cc4cc(C)cc(Cc5c(C)c(Cc6cc(C)c(O)c(CC)c6C)cc(C)c5O)c4O)c3C)cc(C)c2O)c1O. The van der Waals surface area contributed by atoms with E-state index in [0.717, 1.165) is 118 Å². The molecule has 6 rings (SSSR count). The van der Waals surface area contributed by atoms with E-state index in [1.807, 2.05) is 112 Å². The van der Waals surface area contributed by atoms with Crippen molar-refractivity contribution in [3.63, 3.8) is 0 Å². The molecule has 6 aromatic carbocycles. The molecule has 0 fully saturated rings. The van der Waals surface area contributed by atoms with E-state index in [4.69, 9.17) is 0 Å². The smallest absolute Gasteiger partial charge is 0.122 e. The second kappa shape index (κ2) is 47.1. The first-order chi connectivity index (χ1) is 42.1. The minimum absolute atomic E-state index is 0.146. The molecule has 0 bridgehead atoms. The first-order valence-electron chi connectivity index (χ1n) is 35.0. The van der Waals surface area contributed by atoms with E-state index in [9.17, 15) is 30.6 Å². The van der Waals surface area contributed by atoms with Gasteiger partial charge >= 0.3 is 0 Å². The van der Waals surface area contributed by atoms with Crippen LogP contribution in [-0.4, -0.2) is 30.6 Å². The van der Waals surface area contributed by atoms with Crippen molar-refractivity contribution in [2.24, 2.45) is 0 Å². The van der Waals surface area contributed by atoms with Crippen LogP contribution in [0.1, 0.15) is 323 Å². The lowest BCUT2D eigenvalue weighted by Crippen LogP contribution is -2.06. The average Bonchev–Trinajstić information content (AvgIpc) is 1.75. The van der Waals surface area contributed by atoms with Gasteiger partial charge < -0.3 is 30.6 Å². The van der Waals surface area contributed by atoms with E-state index in [1.165, 1.54) is 89.9 Å². The third kappa shape index (κ3) is 28.0. The Morgan fingerprint density at radius 2 is 0.393 bits per heavy atom. The maximum absolute atomic E-state index is 12.0. The summed E-state index contributed by atoms with van der Waals surface area (Å²) in [4.78, 5) is 0. The first-order valence-corrected chi connectivity index (χ1v) is 35.0. The zero-order valence-electron chi connectivity index (χ0n) is 62.2. The Morgan fingerprint density at radius 3 is 0.596 bits per heavy atom. The molecule has 502 valence electrons. The monoisotopic (exact) mass is 1230 g/mol. The lowest BCUT2D eigenvalue weighted by molar-refractivity contribution is 0.454.